The van der Waals surface area contributed by atoms with Crippen LogP contribution in [0, 0.1) is 11.8 Å². The van der Waals surface area contributed by atoms with Crippen molar-refractivity contribution in [3.8, 4) is 0 Å². The van der Waals surface area contributed by atoms with Gasteiger partial charge in [0.25, 0.3) is 0 Å². The lowest BCUT2D eigenvalue weighted by molar-refractivity contribution is 0.528. The summed E-state index contributed by atoms with van der Waals surface area (Å²) in [4.78, 5) is 2.20. The molecule has 0 amide bonds. The summed E-state index contributed by atoms with van der Waals surface area (Å²) in [6.07, 6.45) is 4.86. The third-order valence-electron chi connectivity index (χ3n) is 8.04. The molecule has 2 unspecified atom stereocenters. The van der Waals surface area contributed by atoms with Gasteiger partial charge in [-0.15, -0.1) is 0 Å². The Morgan fingerprint density at radius 2 is 0.682 bits per heavy atom. The fourth-order valence-electron chi connectivity index (χ4n) is 5.20. The Hall–Kier alpha value is -4.12. The molecule has 0 spiro atoms. The monoisotopic (exact) mass is 591 g/mol. The predicted octanol–water partition coefficient (Wildman–Crippen LogP) is 11.4. The highest BCUT2D eigenvalue weighted by molar-refractivity contribution is 5.70. The highest BCUT2D eigenvalue weighted by Gasteiger charge is 2.08. The largest absolute Gasteiger partial charge is 0.383 e. The molecule has 0 saturated heterocycles. The van der Waals surface area contributed by atoms with Gasteiger partial charge in [-0.3, -0.25) is 0 Å². The molecular formula is C39H53N5. The maximum Gasteiger partial charge on any atom is 0.0409 e. The number of hydrogen-bond donors (Lipinski definition) is 4. The van der Waals surface area contributed by atoms with E-state index in [2.05, 4.69) is 172 Å². The van der Waals surface area contributed by atoms with Crippen molar-refractivity contribution in [2.75, 3.05) is 33.2 Å². The summed E-state index contributed by atoms with van der Waals surface area (Å²) >= 11 is 0. The van der Waals surface area contributed by atoms with Crippen LogP contribution in [-0.2, 0) is 0 Å². The molecule has 0 heterocycles. The molecular weight excluding hydrogens is 538 g/mol. The van der Waals surface area contributed by atoms with Gasteiger partial charge in [0.1, 0.15) is 0 Å². The summed E-state index contributed by atoms with van der Waals surface area (Å²) < 4.78 is 0. The molecule has 0 aliphatic heterocycles. The van der Waals surface area contributed by atoms with Crippen molar-refractivity contribution >= 4 is 45.5 Å². The molecule has 4 aromatic rings. The van der Waals surface area contributed by atoms with Crippen molar-refractivity contribution in [2.45, 2.75) is 79.3 Å². The lowest BCUT2D eigenvalue weighted by Gasteiger charge is -2.21. The number of nitrogens with one attached hydrogen (secondary N) is 4. The standard InChI is InChI=1S/C39H53N5/c1-28(2)8-10-30(5)40-32-12-16-34(17-13-32)42-36-20-24-38(25-21-36)44(7)39-26-22-37(23-27-39)43-35-18-14-33(15-19-35)41-31(6)11-9-29(3)4/h12-31,40-43H,8-11H2,1-7H3. The molecule has 0 aliphatic carbocycles. The van der Waals surface area contributed by atoms with Crippen LogP contribution in [0.2, 0.25) is 0 Å². The zero-order valence-corrected chi connectivity index (χ0v) is 27.8. The smallest absolute Gasteiger partial charge is 0.0409 e. The van der Waals surface area contributed by atoms with E-state index in [-0.39, 0.29) is 0 Å². The molecule has 4 rings (SSSR count). The van der Waals surface area contributed by atoms with E-state index in [9.17, 15) is 0 Å². The van der Waals surface area contributed by atoms with Gasteiger partial charge in [0.2, 0.25) is 0 Å². The Labute approximate surface area is 266 Å². The SMILES string of the molecule is CC(C)CCC(C)Nc1ccc(Nc2ccc(N(C)c3ccc(Nc4ccc(NC(C)CCC(C)C)cc4)cc3)cc2)cc1. The van der Waals surface area contributed by atoms with E-state index in [1.54, 1.807) is 0 Å². The first-order valence-corrected chi connectivity index (χ1v) is 16.4. The molecule has 44 heavy (non-hydrogen) atoms. The topological polar surface area (TPSA) is 51.4 Å². The molecule has 0 aliphatic rings. The Kier molecular flexibility index (Phi) is 12.0. The van der Waals surface area contributed by atoms with E-state index in [0.29, 0.717) is 12.1 Å². The molecule has 5 heteroatoms. The molecule has 5 nitrogen and oxygen atoms in total. The maximum absolute atomic E-state index is 3.61. The first kappa shape index (κ1) is 32.8. The van der Waals surface area contributed by atoms with Crippen molar-refractivity contribution in [3.63, 3.8) is 0 Å². The molecule has 0 aromatic heterocycles. The normalized spacial score (nSPS) is 12.6. The van der Waals surface area contributed by atoms with Crippen LogP contribution in [0.5, 0.6) is 0 Å². The van der Waals surface area contributed by atoms with Crippen molar-refractivity contribution in [1.82, 2.24) is 0 Å². The van der Waals surface area contributed by atoms with Gasteiger partial charge in [0.05, 0.1) is 0 Å². The summed E-state index contributed by atoms with van der Waals surface area (Å²) in [6.45, 7) is 13.6. The van der Waals surface area contributed by atoms with E-state index < -0.39 is 0 Å². The highest BCUT2D eigenvalue weighted by Crippen LogP contribution is 2.29. The van der Waals surface area contributed by atoms with E-state index >= 15 is 0 Å². The van der Waals surface area contributed by atoms with Crippen LogP contribution in [0.3, 0.4) is 0 Å². The minimum absolute atomic E-state index is 0.474. The van der Waals surface area contributed by atoms with Crippen LogP contribution >= 0.6 is 0 Å². The average Bonchev–Trinajstić information content (AvgIpc) is 3.01. The number of hydrogen-bond acceptors (Lipinski definition) is 5. The third kappa shape index (κ3) is 10.6. The predicted molar refractivity (Wildman–Crippen MR) is 195 cm³/mol. The summed E-state index contributed by atoms with van der Waals surface area (Å²) in [7, 11) is 2.10. The summed E-state index contributed by atoms with van der Waals surface area (Å²) in [6, 6.07) is 35.2. The second-order valence-electron chi connectivity index (χ2n) is 13.1. The van der Waals surface area contributed by atoms with Gasteiger partial charge in [-0.25, -0.2) is 0 Å². The lowest BCUT2D eigenvalue weighted by atomic mass is 10.0. The first-order chi connectivity index (χ1) is 21.1. The van der Waals surface area contributed by atoms with Crippen molar-refractivity contribution in [3.05, 3.63) is 97.1 Å². The molecule has 234 valence electrons. The van der Waals surface area contributed by atoms with Crippen LogP contribution in [0.15, 0.2) is 97.1 Å². The third-order valence-corrected chi connectivity index (χ3v) is 8.04. The quantitative estimate of drug-likeness (QED) is 0.104. The summed E-state index contributed by atoms with van der Waals surface area (Å²) in [5, 5.41) is 14.3. The van der Waals surface area contributed by atoms with Crippen LogP contribution in [0.1, 0.15) is 67.2 Å². The van der Waals surface area contributed by atoms with Gasteiger partial charge in [-0.05, 0) is 148 Å². The minimum atomic E-state index is 0.474. The highest BCUT2D eigenvalue weighted by atomic mass is 15.1. The van der Waals surface area contributed by atoms with Crippen molar-refractivity contribution in [1.29, 1.82) is 0 Å². The number of nitrogens with zero attached hydrogens (tertiary/aromatic N) is 1. The lowest BCUT2D eigenvalue weighted by Crippen LogP contribution is -2.15. The zero-order valence-electron chi connectivity index (χ0n) is 27.8. The van der Waals surface area contributed by atoms with Crippen molar-refractivity contribution < 1.29 is 0 Å². The summed E-state index contributed by atoms with van der Waals surface area (Å²) in [5.41, 5.74) is 8.90. The molecule has 0 bridgehead atoms. The molecule has 0 radical (unpaired) electrons. The molecule has 2 atom stereocenters. The van der Waals surface area contributed by atoms with Gasteiger partial charge >= 0.3 is 0 Å². The average molecular weight is 592 g/mol. The van der Waals surface area contributed by atoms with Crippen LogP contribution in [-0.4, -0.2) is 19.1 Å². The second kappa shape index (κ2) is 16.1. The van der Waals surface area contributed by atoms with Crippen molar-refractivity contribution in [2.24, 2.45) is 11.8 Å². The first-order valence-electron chi connectivity index (χ1n) is 16.4. The number of anilines is 8. The molecule has 0 saturated carbocycles. The molecule has 4 aromatic carbocycles. The number of benzene rings is 4. The van der Waals surface area contributed by atoms with Gasteiger partial charge < -0.3 is 26.2 Å². The van der Waals surface area contributed by atoms with E-state index in [0.717, 1.165) is 57.3 Å². The van der Waals surface area contributed by atoms with Gasteiger partial charge in [0.15, 0.2) is 0 Å². The Bertz CT molecular complexity index is 1270. The fourth-order valence-corrected chi connectivity index (χ4v) is 5.20. The summed E-state index contributed by atoms with van der Waals surface area (Å²) in [5.74, 6) is 1.48. The van der Waals surface area contributed by atoms with E-state index in [1.165, 1.54) is 25.7 Å². The minimum Gasteiger partial charge on any atom is -0.383 e. The van der Waals surface area contributed by atoms with E-state index in [4.69, 9.17) is 0 Å². The van der Waals surface area contributed by atoms with E-state index in [1.807, 2.05) is 0 Å². The molecule has 4 N–H and O–H groups in total. The Morgan fingerprint density at radius 1 is 0.409 bits per heavy atom. The van der Waals surface area contributed by atoms with Gasteiger partial charge in [-0.1, -0.05) is 27.7 Å². The Morgan fingerprint density at radius 3 is 0.977 bits per heavy atom. The fraction of sp³-hybridized carbons (Fsp3) is 0.385. The maximum atomic E-state index is 3.61. The second-order valence-corrected chi connectivity index (χ2v) is 13.1. The zero-order chi connectivity index (χ0) is 31.5. The van der Waals surface area contributed by atoms with Crippen LogP contribution in [0.25, 0.3) is 0 Å². The van der Waals surface area contributed by atoms with Gasteiger partial charge in [-0.2, -0.15) is 0 Å². The Balaban J connectivity index is 1.26. The van der Waals surface area contributed by atoms with Crippen LogP contribution < -0.4 is 26.2 Å². The molecule has 0 fully saturated rings. The van der Waals surface area contributed by atoms with Crippen LogP contribution in [0.4, 0.5) is 45.5 Å². The number of rotatable bonds is 16. The van der Waals surface area contributed by atoms with Gasteiger partial charge in [0, 0.05) is 64.6 Å².